The van der Waals surface area contributed by atoms with Gasteiger partial charge in [0, 0.05) is 23.1 Å². The number of nitro benzene ring substituents is 1. The second-order valence-corrected chi connectivity index (χ2v) is 5.64. The number of halogens is 1. The molecule has 1 aromatic heterocycles. The fraction of sp³-hybridized carbons (Fsp3) is 0.214. The van der Waals surface area contributed by atoms with Crippen molar-refractivity contribution in [1.82, 2.24) is 9.97 Å². The molecule has 1 heterocycles. The van der Waals surface area contributed by atoms with Crippen LogP contribution in [0.15, 0.2) is 29.4 Å². The number of aryl methyl sites for hydroxylation is 2. The summed E-state index contributed by atoms with van der Waals surface area (Å²) in [6.45, 7) is 3.66. The molecular weight excluding hydrogens is 323 g/mol. The number of nitro groups is 1. The van der Waals surface area contributed by atoms with Gasteiger partial charge in [-0.05, 0) is 32.0 Å². The summed E-state index contributed by atoms with van der Waals surface area (Å²) in [6, 6.07) is 5.00. The van der Waals surface area contributed by atoms with Crippen LogP contribution in [0.3, 0.4) is 0 Å². The maximum Gasteiger partial charge on any atom is 0.306 e. The van der Waals surface area contributed by atoms with Crippen LogP contribution >= 0.6 is 11.8 Å². The van der Waals surface area contributed by atoms with Crippen LogP contribution in [0.1, 0.15) is 11.4 Å². The Morgan fingerprint density at radius 1 is 1.30 bits per heavy atom. The van der Waals surface area contributed by atoms with Gasteiger partial charge in [-0.25, -0.2) is 9.97 Å². The third-order valence-electron chi connectivity index (χ3n) is 2.72. The van der Waals surface area contributed by atoms with Crippen LogP contribution in [0.4, 0.5) is 15.8 Å². The van der Waals surface area contributed by atoms with E-state index in [1.165, 1.54) is 6.07 Å². The van der Waals surface area contributed by atoms with Crippen LogP contribution < -0.4 is 5.32 Å². The van der Waals surface area contributed by atoms with Gasteiger partial charge in [0.1, 0.15) is 0 Å². The Kier molecular flexibility index (Phi) is 5.22. The van der Waals surface area contributed by atoms with Gasteiger partial charge in [0.05, 0.1) is 10.7 Å². The van der Waals surface area contributed by atoms with Crippen LogP contribution in [0.5, 0.6) is 0 Å². The highest BCUT2D eigenvalue weighted by molar-refractivity contribution is 7.99. The lowest BCUT2D eigenvalue weighted by atomic mass is 10.2. The molecule has 23 heavy (non-hydrogen) atoms. The number of nitrogens with one attached hydrogen (secondary N) is 1. The number of anilines is 1. The molecular formula is C14H13FN4O3S. The average molecular weight is 336 g/mol. The van der Waals surface area contributed by atoms with Gasteiger partial charge >= 0.3 is 5.69 Å². The van der Waals surface area contributed by atoms with E-state index in [-0.39, 0.29) is 11.4 Å². The molecule has 0 aliphatic carbocycles. The molecule has 0 bridgehead atoms. The minimum atomic E-state index is -0.953. The molecule has 2 rings (SSSR count). The number of hydrogen-bond acceptors (Lipinski definition) is 6. The summed E-state index contributed by atoms with van der Waals surface area (Å²) in [4.78, 5) is 30.1. The topological polar surface area (TPSA) is 98.0 Å². The summed E-state index contributed by atoms with van der Waals surface area (Å²) in [6.07, 6.45) is 0. The molecule has 0 radical (unpaired) electrons. The largest absolute Gasteiger partial charge is 0.325 e. The fourth-order valence-corrected chi connectivity index (χ4v) is 2.57. The third-order valence-corrected chi connectivity index (χ3v) is 3.57. The van der Waals surface area contributed by atoms with E-state index in [1.807, 2.05) is 19.9 Å². The fourth-order valence-electron chi connectivity index (χ4n) is 1.82. The van der Waals surface area contributed by atoms with E-state index in [1.54, 1.807) is 0 Å². The number of nitrogens with zero attached hydrogens (tertiary/aromatic N) is 3. The van der Waals surface area contributed by atoms with Gasteiger partial charge in [-0.2, -0.15) is 4.39 Å². The standard InChI is InChI=1S/C14H13FN4O3S/c1-8-5-9(2)17-14(16-8)23-7-13(20)18-10-3-4-11(15)12(6-10)19(21)22/h3-6H,7H2,1-2H3,(H,18,20). The highest BCUT2D eigenvalue weighted by Gasteiger charge is 2.15. The van der Waals surface area contributed by atoms with E-state index in [4.69, 9.17) is 0 Å². The maximum atomic E-state index is 13.2. The van der Waals surface area contributed by atoms with Crippen molar-refractivity contribution < 1.29 is 14.1 Å². The molecule has 9 heteroatoms. The zero-order chi connectivity index (χ0) is 17.0. The van der Waals surface area contributed by atoms with Crippen LogP contribution in [0.2, 0.25) is 0 Å². The highest BCUT2D eigenvalue weighted by Crippen LogP contribution is 2.22. The van der Waals surface area contributed by atoms with Gasteiger partial charge < -0.3 is 5.32 Å². The number of hydrogen-bond donors (Lipinski definition) is 1. The first-order valence-electron chi connectivity index (χ1n) is 6.54. The average Bonchev–Trinajstić information content (AvgIpc) is 2.46. The van der Waals surface area contributed by atoms with E-state index >= 15 is 0 Å². The zero-order valence-corrected chi connectivity index (χ0v) is 13.2. The second-order valence-electron chi connectivity index (χ2n) is 4.69. The first-order chi connectivity index (χ1) is 10.8. The van der Waals surface area contributed by atoms with Crippen LogP contribution in [0, 0.1) is 29.8 Å². The van der Waals surface area contributed by atoms with Crippen LogP contribution in [-0.4, -0.2) is 26.6 Å². The molecule has 1 amide bonds. The summed E-state index contributed by atoms with van der Waals surface area (Å²) in [5, 5.41) is 13.6. The van der Waals surface area contributed by atoms with Crippen molar-refractivity contribution >= 4 is 29.0 Å². The number of carbonyl (C=O) groups excluding carboxylic acids is 1. The molecule has 2 aromatic rings. The lowest BCUT2D eigenvalue weighted by Gasteiger charge is -2.06. The number of thioether (sulfide) groups is 1. The van der Waals surface area contributed by atoms with E-state index in [0.29, 0.717) is 5.16 Å². The minimum Gasteiger partial charge on any atom is -0.325 e. The monoisotopic (exact) mass is 336 g/mol. The predicted molar refractivity (Wildman–Crippen MR) is 83.9 cm³/mol. The Bertz CT molecular complexity index is 749. The highest BCUT2D eigenvalue weighted by atomic mass is 32.2. The van der Waals surface area contributed by atoms with Crippen molar-refractivity contribution in [3.8, 4) is 0 Å². The summed E-state index contributed by atoms with van der Waals surface area (Å²) in [5.74, 6) is -1.31. The molecule has 0 aliphatic rings. The molecule has 1 N–H and O–H groups in total. The van der Waals surface area contributed by atoms with Crippen LogP contribution in [0.25, 0.3) is 0 Å². The molecule has 0 unspecified atom stereocenters. The minimum absolute atomic E-state index is 0.0358. The Morgan fingerprint density at radius 2 is 1.96 bits per heavy atom. The summed E-state index contributed by atoms with van der Waals surface area (Å²) in [7, 11) is 0. The van der Waals surface area contributed by atoms with Crippen molar-refractivity contribution in [2.75, 3.05) is 11.1 Å². The lowest BCUT2D eigenvalue weighted by Crippen LogP contribution is -2.14. The number of aromatic nitrogens is 2. The van der Waals surface area contributed by atoms with E-state index in [0.717, 1.165) is 35.3 Å². The molecule has 0 atom stereocenters. The zero-order valence-electron chi connectivity index (χ0n) is 12.4. The van der Waals surface area contributed by atoms with Gasteiger partial charge in [0.25, 0.3) is 0 Å². The van der Waals surface area contributed by atoms with Gasteiger partial charge in [-0.1, -0.05) is 11.8 Å². The van der Waals surface area contributed by atoms with Crippen molar-refractivity contribution in [3.05, 3.63) is 51.6 Å². The molecule has 0 aliphatic heterocycles. The molecule has 1 aromatic carbocycles. The van der Waals surface area contributed by atoms with Gasteiger partial charge in [0.15, 0.2) is 5.16 Å². The van der Waals surface area contributed by atoms with Crippen molar-refractivity contribution in [2.45, 2.75) is 19.0 Å². The van der Waals surface area contributed by atoms with E-state index in [9.17, 15) is 19.3 Å². The van der Waals surface area contributed by atoms with Crippen LogP contribution in [-0.2, 0) is 4.79 Å². The number of carbonyl (C=O) groups is 1. The quantitative estimate of drug-likeness (QED) is 0.390. The summed E-state index contributed by atoms with van der Waals surface area (Å²) >= 11 is 1.15. The first kappa shape index (κ1) is 16.8. The molecule has 7 nitrogen and oxygen atoms in total. The van der Waals surface area contributed by atoms with Gasteiger partial charge in [0.2, 0.25) is 11.7 Å². The number of benzene rings is 1. The number of rotatable bonds is 5. The van der Waals surface area contributed by atoms with Crippen molar-refractivity contribution in [1.29, 1.82) is 0 Å². The lowest BCUT2D eigenvalue weighted by molar-refractivity contribution is -0.387. The smallest absolute Gasteiger partial charge is 0.306 e. The summed E-state index contributed by atoms with van der Waals surface area (Å²) < 4.78 is 13.2. The van der Waals surface area contributed by atoms with Crippen molar-refractivity contribution in [3.63, 3.8) is 0 Å². The molecule has 120 valence electrons. The Hall–Kier alpha value is -2.55. The Labute approximate surface area is 135 Å². The van der Waals surface area contributed by atoms with E-state index in [2.05, 4.69) is 15.3 Å². The normalized spacial score (nSPS) is 10.4. The Balaban J connectivity index is 1.99. The van der Waals surface area contributed by atoms with Crippen molar-refractivity contribution in [2.24, 2.45) is 0 Å². The second kappa shape index (κ2) is 7.14. The van der Waals surface area contributed by atoms with E-state index < -0.39 is 22.3 Å². The van der Waals surface area contributed by atoms with Gasteiger partial charge in [-0.15, -0.1) is 0 Å². The maximum absolute atomic E-state index is 13.2. The molecule has 0 saturated carbocycles. The number of amides is 1. The molecule has 0 fully saturated rings. The Morgan fingerprint density at radius 3 is 2.57 bits per heavy atom. The SMILES string of the molecule is Cc1cc(C)nc(SCC(=O)Nc2ccc(F)c([N+](=O)[O-])c2)n1. The first-order valence-corrected chi connectivity index (χ1v) is 7.52. The molecule has 0 saturated heterocycles. The molecule has 0 spiro atoms. The predicted octanol–water partition coefficient (Wildman–Crippen LogP) is 2.87. The third kappa shape index (κ3) is 4.71. The van der Waals surface area contributed by atoms with Gasteiger partial charge in [-0.3, -0.25) is 14.9 Å². The summed E-state index contributed by atoms with van der Waals surface area (Å²) in [5.41, 5.74) is 1.07.